The van der Waals surface area contributed by atoms with Gasteiger partial charge >= 0.3 is 6.09 Å². The second-order valence-electron chi connectivity index (χ2n) is 8.38. The van der Waals surface area contributed by atoms with Crippen molar-refractivity contribution in [2.75, 3.05) is 29.9 Å². The number of rotatable bonds is 8. The largest absolute Gasteiger partial charge is 0.443 e. The monoisotopic (exact) mass is 478 g/mol. The fourth-order valence-corrected chi connectivity index (χ4v) is 4.07. The predicted octanol–water partition coefficient (Wildman–Crippen LogP) is 3.18. The average molecular weight is 479 g/mol. The molecule has 184 valence electrons. The molecule has 0 bridgehead atoms. The number of anilines is 2. The molecule has 0 saturated carbocycles. The van der Waals surface area contributed by atoms with Crippen molar-refractivity contribution in [2.24, 2.45) is 0 Å². The lowest BCUT2D eigenvalue weighted by Gasteiger charge is -2.21. The Kier molecular flexibility index (Phi) is 6.94. The van der Waals surface area contributed by atoms with E-state index in [1.165, 1.54) is 7.05 Å². The van der Waals surface area contributed by atoms with E-state index < -0.39 is 6.09 Å². The Bertz CT molecular complexity index is 1240. The summed E-state index contributed by atoms with van der Waals surface area (Å²) in [7, 11) is 1.50. The number of carbonyl (C=O) groups is 2. The first-order valence-corrected chi connectivity index (χ1v) is 11.7. The van der Waals surface area contributed by atoms with E-state index in [-0.39, 0.29) is 25.1 Å². The van der Waals surface area contributed by atoms with Crippen LogP contribution in [0.3, 0.4) is 0 Å². The third kappa shape index (κ3) is 4.66. The summed E-state index contributed by atoms with van der Waals surface area (Å²) in [5.41, 5.74) is 2.45. The van der Waals surface area contributed by atoms with Crippen molar-refractivity contribution in [3.05, 3.63) is 47.4 Å². The van der Waals surface area contributed by atoms with Gasteiger partial charge in [-0.1, -0.05) is 6.07 Å². The van der Waals surface area contributed by atoms with E-state index in [1.54, 1.807) is 17.3 Å². The number of pyridine rings is 2. The molecule has 0 radical (unpaired) electrons. The number of amides is 2. The Morgan fingerprint density at radius 1 is 1.23 bits per heavy atom. The van der Waals surface area contributed by atoms with Crippen LogP contribution in [-0.2, 0) is 17.9 Å². The van der Waals surface area contributed by atoms with Crippen molar-refractivity contribution in [3.63, 3.8) is 0 Å². The molecule has 0 aliphatic carbocycles. The maximum atomic E-state index is 13.6. The third-order valence-corrected chi connectivity index (χ3v) is 5.99. The van der Waals surface area contributed by atoms with Gasteiger partial charge in [0.1, 0.15) is 30.3 Å². The number of nitrogens with zero attached hydrogens (tertiary/aromatic N) is 7. The van der Waals surface area contributed by atoms with E-state index in [0.717, 1.165) is 18.7 Å². The van der Waals surface area contributed by atoms with Crippen molar-refractivity contribution in [2.45, 2.75) is 46.9 Å². The number of ether oxygens (including phenoxy) is 1. The van der Waals surface area contributed by atoms with Gasteiger partial charge in [-0.3, -0.25) is 9.69 Å². The molecule has 1 N–H and O–H groups in total. The van der Waals surface area contributed by atoms with Gasteiger partial charge in [-0.2, -0.15) is 0 Å². The number of fused-ring (bicyclic) bond motifs is 1. The van der Waals surface area contributed by atoms with Gasteiger partial charge in [0.25, 0.3) is 5.91 Å². The van der Waals surface area contributed by atoms with Crippen LogP contribution in [0.2, 0.25) is 0 Å². The molecule has 0 saturated heterocycles. The molecule has 11 nitrogen and oxygen atoms in total. The molecule has 0 fully saturated rings. The van der Waals surface area contributed by atoms with E-state index >= 15 is 0 Å². The first kappa shape index (κ1) is 24.1. The molecule has 0 atom stereocenters. The van der Waals surface area contributed by atoms with Gasteiger partial charge < -0.3 is 19.5 Å². The predicted molar refractivity (Wildman–Crippen MR) is 131 cm³/mol. The zero-order valence-corrected chi connectivity index (χ0v) is 20.6. The van der Waals surface area contributed by atoms with Crippen LogP contribution in [0.4, 0.5) is 16.4 Å². The number of nitrogens with one attached hydrogen (secondary N) is 1. The Morgan fingerprint density at radius 3 is 2.69 bits per heavy atom. The Balaban J connectivity index is 1.71. The van der Waals surface area contributed by atoms with Crippen molar-refractivity contribution >= 4 is 23.6 Å². The van der Waals surface area contributed by atoms with Crippen molar-refractivity contribution < 1.29 is 14.3 Å². The summed E-state index contributed by atoms with van der Waals surface area (Å²) in [5, 5.41) is 10.7. The van der Waals surface area contributed by atoms with Gasteiger partial charge in [0.2, 0.25) is 0 Å². The minimum absolute atomic E-state index is 0.0385. The van der Waals surface area contributed by atoms with Gasteiger partial charge in [-0.05, 0) is 45.9 Å². The molecule has 35 heavy (non-hydrogen) atoms. The SMILES string of the molecule is CCN(CC)c1cc2c(c(COC(=O)NC)n1)CN(c1cccc(-c3nncn3C(C)C)n1)C2=O. The minimum Gasteiger partial charge on any atom is -0.443 e. The molecule has 3 aromatic heterocycles. The van der Waals surface area contributed by atoms with Crippen LogP contribution in [0.1, 0.15) is 55.4 Å². The standard InChI is InChI=1S/C24H30N8O3/c1-6-30(7-2)21-11-16-17(19(28-21)13-35-24(34)25-5)12-31(23(16)33)20-10-8-9-18(27-20)22-29-26-14-32(22)15(3)4/h8-11,14-15H,6-7,12-13H2,1-5H3,(H,25,34). The third-order valence-electron chi connectivity index (χ3n) is 5.99. The number of hydrogen-bond acceptors (Lipinski definition) is 8. The number of aromatic nitrogens is 5. The molecule has 11 heteroatoms. The highest BCUT2D eigenvalue weighted by Gasteiger charge is 2.33. The second kappa shape index (κ2) is 10.1. The van der Waals surface area contributed by atoms with Crippen LogP contribution in [0.5, 0.6) is 0 Å². The minimum atomic E-state index is -0.557. The van der Waals surface area contributed by atoms with E-state index in [0.29, 0.717) is 34.4 Å². The van der Waals surface area contributed by atoms with Crippen LogP contribution in [0, 0.1) is 0 Å². The summed E-state index contributed by atoms with van der Waals surface area (Å²) in [6.07, 6.45) is 1.11. The van der Waals surface area contributed by atoms with Crippen LogP contribution in [-0.4, -0.2) is 56.9 Å². The molecule has 4 rings (SSSR count). The fraction of sp³-hybridized carbons (Fsp3) is 0.417. The molecular weight excluding hydrogens is 448 g/mol. The summed E-state index contributed by atoms with van der Waals surface area (Å²) >= 11 is 0. The molecular formula is C24H30N8O3. The van der Waals surface area contributed by atoms with Crippen LogP contribution in [0.15, 0.2) is 30.6 Å². The van der Waals surface area contributed by atoms with E-state index in [4.69, 9.17) is 14.7 Å². The fourth-order valence-electron chi connectivity index (χ4n) is 4.07. The smallest absolute Gasteiger partial charge is 0.407 e. The lowest BCUT2D eigenvalue weighted by atomic mass is 10.1. The zero-order valence-electron chi connectivity index (χ0n) is 20.6. The van der Waals surface area contributed by atoms with Gasteiger partial charge in [0, 0.05) is 31.7 Å². The quantitative estimate of drug-likeness (QED) is 0.524. The van der Waals surface area contributed by atoms with Gasteiger partial charge in [0.05, 0.1) is 17.8 Å². The second-order valence-corrected chi connectivity index (χ2v) is 8.38. The molecule has 2 amide bonds. The molecule has 1 aliphatic heterocycles. The molecule has 0 spiro atoms. The van der Waals surface area contributed by atoms with E-state index in [2.05, 4.69) is 20.4 Å². The van der Waals surface area contributed by atoms with E-state index in [1.807, 2.05) is 50.5 Å². The maximum absolute atomic E-state index is 13.6. The highest BCUT2D eigenvalue weighted by Crippen LogP contribution is 2.33. The lowest BCUT2D eigenvalue weighted by molar-refractivity contribution is 0.0996. The van der Waals surface area contributed by atoms with Gasteiger partial charge in [0.15, 0.2) is 5.82 Å². The molecule has 0 aromatic carbocycles. The summed E-state index contributed by atoms with van der Waals surface area (Å²) in [6, 6.07) is 7.47. The lowest BCUT2D eigenvalue weighted by Crippen LogP contribution is -2.25. The summed E-state index contributed by atoms with van der Waals surface area (Å²) in [4.78, 5) is 38.4. The maximum Gasteiger partial charge on any atom is 0.407 e. The highest BCUT2D eigenvalue weighted by molar-refractivity contribution is 6.10. The number of hydrogen-bond donors (Lipinski definition) is 1. The van der Waals surface area contributed by atoms with Gasteiger partial charge in [-0.15, -0.1) is 10.2 Å². The van der Waals surface area contributed by atoms with Crippen molar-refractivity contribution in [1.29, 1.82) is 0 Å². The molecule has 0 unspecified atom stereocenters. The average Bonchev–Trinajstić information content (AvgIpc) is 3.49. The zero-order chi connectivity index (χ0) is 25.1. The van der Waals surface area contributed by atoms with Gasteiger partial charge in [-0.25, -0.2) is 14.8 Å². The summed E-state index contributed by atoms with van der Waals surface area (Å²) < 4.78 is 7.22. The Hall–Kier alpha value is -4.02. The van der Waals surface area contributed by atoms with Crippen molar-refractivity contribution in [1.82, 2.24) is 30.0 Å². The van der Waals surface area contributed by atoms with Crippen LogP contribution in [0.25, 0.3) is 11.5 Å². The number of carbonyl (C=O) groups excluding carboxylic acids is 2. The van der Waals surface area contributed by atoms with E-state index in [9.17, 15) is 9.59 Å². The topological polar surface area (TPSA) is 118 Å². The first-order valence-electron chi connectivity index (χ1n) is 11.7. The molecule has 3 aromatic rings. The number of alkyl carbamates (subject to hydrolysis) is 1. The summed E-state index contributed by atoms with van der Waals surface area (Å²) in [6.45, 7) is 9.84. The summed E-state index contributed by atoms with van der Waals surface area (Å²) in [5.74, 6) is 1.64. The molecule has 4 heterocycles. The van der Waals surface area contributed by atoms with Crippen LogP contribution >= 0.6 is 0 Å². The Morgan fingerprint density at radius 2 is 2.00 bits per heavy atom. The van der Waals surface area contributed by atoms with Crippen LogP contribution < -0.4 is 15.1 Å². The van der Waals surface area contributed by atoms with Crippen molar-refractivity contribution in [3.8, 4) is 11.5 Å². The first-order chi connectivity index (χ1) is 16.9. The highest BCUT2D eigenvalue weighted by atomic mass is 16.5. The molecule has 1 aliphatic rings. The normalized spacial score (nSPS) is 12.7. The Labute approximate surface area is 204 Å².